The average molecular weight is 445 g/mol. The van der Waals surface area contributed by atoms with Gasteiger partial charge in [0.15, 0.2) is 5.96 Å². The zero-order valence-corrected chi connectivity index (χ0v) is 17.3. The molecular weight excluding hydrogens is 413 g/mol. The third-order valence-corrected chi connectivity index (χ3v) is 3.90. The summed E-state index contributed by atoms with van der Waals surface area (Å²) in [6.07, 6.45) is 4.71. The topological polar surface area (TPSA) is 45.7 Å². The van der Waals surface area contributed by atoms with E-state index in [0.29, 0.717) is 0 Å². The lowest BCUT2D eigenvalue weighted by atomic mass is 10.1. The van der Waals surface area contributed by atoms with Crippen molar-refractivity contribution in [3.63, 3.8) is 0 Å². The van der Waals surface area contributed by atoms with E-state index in [1.807, 2.05) is 0 Å². The predicted molar refractivity (Wildman–Crippen MR) is 112 cm³/mol. The molecule has 0 saturated heterocycles. The van der Waals surface area contributed by atoms with E-state index in [1.54, 1.807) is 0 Å². The fourth-order valence-electron chi connectivity index (χ4n) is 2.43. The normalized spacial score (nSPS) is 14.2. The number of halogens is 1. The summed E-state index contributed by atoms with van der Waals surface area (Å²) in [6.45, 7) is 8.58. The van der Waals surface area contributed by atoms with Gasteiger partial charge in [0.1, 0.15) is 0 Å². The van der Waals surface area contributed by atoms with Crippen molar-refractivity contribution in [1.82, 2.24) is 10.6 Å². The average Bonchev–Trinajstić information content (AvgIpc) is 3.35. The Morgan fingerprint density at radius 2 is 2.12 bits per heavy atom. The number of nitrogens with zero attached hydrogens (tertiary/aromatic N) is 1. The molecule has 2 rings (SSSR count). The molecule has 2 N–H and O–H groups in total. The molecule has 1 aliphatic carbocycles. The Balaban J connectivity index is 0.00000288. The largest absolute Gasteiger partial charge is 0.381 e. The summed E-state index contributed by atoms with van der Waals surface area (Å²) in [4.78, 5) is 4.61. The van der Waals surface area contributed by atoms with Crippen LogP contribution in [0.4, 0.5) is 0 Å². The molecule has 1 aromatic carbocycles. The molecule has 1 aliphatic rings. The molecule has 0 unspecified atom stereocenters. The van der Waals surface area contributed by atoms with Crippen LogP contribution in [0.3, 0.4) is 0 Å². The van der Waals surface area contributed by atoms with E-state index in [0.717, 1.165) is 57.6 Å². The van der Waals surface area contributed by atoms with Gasteiger partial charge in [-0.25, -0.2) is 0 Å². The Labute approximate surface area is 163 Å². The van der Waals surface area contributed by atoms with Crippen LogP contribution < -0.4 is 10.6 Å². The zero-order valence-electron chi connectivity index (χ0n) is 15.0. The Morgan fingerprint density at radius 3 is 2.83 bits per heavy atom. The third kappa shape index (κ3) is 9.47. The molecule has 136 valence electrons. The predicted octanol–water partition coefficient (Wildman–Crippen LogP) is 3.53. The molecule has 0 atom stereocenters. The van der Waals surface area contributed by atoms with Crippen molar-refractivity contribution < 1.29 is 4.74 Å². The van der Waals surface area contributed by atoms with Crippen molar-refractivity contribution in [2.45, 2.75) is 39.5 Å². The maximum Gasteiger partial charge on any atom is 0.191 e. The Kier molecular flexibility index (Phi) is 11.1. The highest BCUT2D eigenvalue weighted by atomic mass is 127. The Morgan fingerprint density at radius 1 is 1.29 bits per heavy atom. The molecule has 1 saturated carbocycles. The second-order valence-corrected chi connectivity index (χ2v) is 6.30. The first kappa shape index (κ1) is 21.2. The first-order chi connectivity index (χ1) is 11.3. The molecular formula is C19H32IN3O. The van der Waals surface area contributed by atoms with E-state index >= 15 is 0 Å². The lowest BCUT2D eigenvalue weighted by molar-refractivity contribution is 0.123. The van der Waals surface area contributed by atoms with E-state index in [4.69, 9.17) is 4.74 Å². The molecule has 0 radical (unpaired) electrons. The number of hydrogen-bond acceptors (Lipinski definition) is 2. The fraction of sp³-hybridized carbons (Fsp3) is 0.632. The molecule has 0 bridgehead atoms. The van der Waals surface area contributed by atoms with E-state index < -0.39 is 0 Å². The van der Waals surface area contributed by atoms with E-state index in [2.05, 4.69) is 53.7 Å². The number of rotatable bonds is 10. The first-order valence-electron chi connectivity index (χ1n) is 8.93. The van der Waals surface area contributed by atoms with Crippen molar-refractivity contribution in [2.24, 2.45) is 10.9 Å². The maximum atomic E-state index is 5.64. The second-order valence-electron chi connectivity index (χ2n) is 6.30. The van der Waals surface area contributed by atoms with Crippen LogP contribution in [0.15, 0.2) is 29.3 Å². The van der Waals surface area contributed by atoms with Gasteiger partial charge in [0.25, 0.3) is 0 Å². The number of hydrogen-bond donors (Lipinski definition) is 2. The van der Waals surface area contributed by atoms with Crippen molar-refractivity contribution in [3.05, 3.63) is 35.4 Å². The second kappa shape index (κ2) is 12.5. The first-order valence-corrected chi connectivity index (χ1v) is 8.93. The van der Waals surface area contributed by atoms with Gasteiger partial charge in [0.2, 0.25) is 0 Å². The van der Waals surface area contributed by atoms with E-state index in [9.17, 15) is 0 Å². The summed E-state index contributed by atoms with van der Waals surface area (Å²) < 4.78 is 5.64. The fourth-order valence-corrected chi connectivity index (χ4v) is 2.43. The summed E-state index contributed by atoms with van der Waals surface area (Å²) in [5.74, 6) is 1.75. The summed E-state index contributed by atoms with van der Waals surface area (Å²) in [7, 11) is 0. The van der Waals surface area contributed by atoms with Crippen molar-refractivity contribution in [2.75, 3.05) is 32.8 Å². The highest BCUT2D eigenvalue weighted by Gasteiger charge is 2.20. The zero-order chi connectivity index (χ0) is 16.3. The van der Waals surface area contributed by atoms with E-state index in [-0.39, 0.29) is 24.0 Å². The summed E-state index contributed by atoms with van der Waals surface area (Å²) in [5, 5.41) is 6.70. The SMILES string of the molecule is CCNC(=NCCCOCC1CC1)NCCc1cccc(C)c1.I. The van der Waals surface area contributed by atoms with Gasteiger partial charge in [-0.2, -0.15) is 0 Å². The molecule has 4 nitrogen and oxygen atoms in total. The smallest absolute Gasteiger partial charge is 0.191 e. The number of aliphatic imine (C=N–C) groups is 1. The third-order valence-electron chi connectivity index (χ3n) is 3.90. The van der Waals surface area contributed by atoms with Gasteiger partial charge in [0.05, 0.1) is 0 Å². The van der Waals surface area contributed by atoms with Crippen molar-refractivity contribution >= 4 is 29.9 Å². The van der Waals surface area contributed by atoms with Gasteiger partial charge in [-0.15, -0.1) is 24.0 Å². The van der Waals surface area contributed by atoms with Gasteiger partial charge in [-0.05, 0) is 51.0 Å². The number of guanidine groups is 1. The Bertz CT molecular complexity index is 489. The van der Waals surface area contributed by atoms with Crippen LogP contribution in [0.1, 0.15) is 37.3 Å². The number of benzene rings is 1. The Hall–Kier alpha value is -0.820. The molecule has 0 amide bonds. The minimum Gasteiger partial charge on any atom is -0.381 e. The number of ether oxygens (including phenoxy) is 1. The van der Waals surface area contributed by atoms with Crippen LogP contribution in [-0.2, 0) is 11.2 Å². The molecule has 0 aromatic heterocycles. The van der Waals surface area contributed by atoms with Crippen LogP contribution >= 0.6 is 24.0 Å². The van der Waals surface area contributed by atoms with Crippen LogP contribution in [0, 0.1) is 12.8 Å². The molecule has 0 spiro atoms. The highest BCUT2D eigenvalue weighted by Crippen LogP contribution is 2.28. The van der Waals surface area contributed by atoms with E-state index in [1.165, 1.54) is 24.0 Å². The molecule has 0 heterocycles. The lowest BCUT2D eigenvalue weighted by Gasteiger charge is -2.11. The van der Waals surface area contributed by atoms with Crippen LogP contribution in [0.5, 0.6) is 0 Å². The van der Waals surface area contributed by atoms with Crippen molar-refractivity contribution in [1.29, 1.82) is 0 Å². The molecule has 5 heteroatoms. The quantitative estimate of drug-likeness (QED) is 0.251. The van der Waals surface area contributed by atoms with Gasteiger partial charge in [0, 0.05) is 32.8 Å². The van der Waals surface area contributed by atoms with Crippen LogP contribution in [0.2, 0.25) is 0 Å². The number of aryl methyl sites for hydroxylation is 1. The highest BCUT2D eigenvalue weighted by molar-refractivity contribution is 14.0. The van der Waals surface area contributed by atoms with Gasteiger partial charge in [-0.3, -0.25) is 4.99 Å². The standard InChI is InChI=1S/C19H31N3O.HI/c1-3-20-19(21-11-5-13-23-15-18-8-9-18)22-12-10-17-7-4-6-16(2)14-17;/h4,6-7,14,18H,3,5,8-13,15H2,1-2H3,(H2,20,21,22);1H. The van der Waals surface area contributed by atoms with Crippen LogP contribution in [0.25, 0.3) is 0 Å². The van der Waals surface area contributed by atoms with Gasteiger partial charge < -0.3 is 15.4 Å². The molecule has 24 heavy (non-hydrogen) atoms. The lowest BCUT2D eigenvalue weighted by Crippen LogP contribution is -2.38. The summed E-state index contributed by atoms with van der Waals surface area (Å²) >= 11 is 0. The summed E-state index contributed by atoms with van der Waals surface area (Å²) in [6, 6.07) is 8.66. The van der Waals surface area contributed by atoms with Gasteiger partial charge in [-0.1, -0.05) is 29.8 Å². The molecule has 1 fully saturated rings. The summed E-state index contributed by atoms with van der Waals surface area (Å²) in [5.41, 5.74) is 2.68. The molecule has 1 aromatic rings. The minimum absolute atomic E-state index is 0. The molecule has 0 aliphatic heterocycles. The van der Waals surface area contributed by atoms with Crippen molar-refractivity contribution in [3.8, 4) is 0 Å². The van der Waals surface area contributed by atoms with Crippen LogP contribution in [-0.4, -0.2) is 38.8 Å². The van der Waals surface area contributed by atoms with Gasteiger partial charge >= 0.3 is 0 Å². The number of nitrogens with one attached hydrogen (secondary N) is 2. The maximum absolute atomic E-state index is 5.64. The minimum atomic E-state index is 0. The monoisotopic (exact) mass is 445 g/mol.